The molecule has 2 aromatic rings. The van der Waals surface area contributed by atoms with Crippen molar-refractivity contribution < 1.29 is 14.7 Å². The first-order valence-corrected chi connectivity index (χ1v) is 9.22. The van der Waals surface area contributed by atoms with Gasteiger partial charge in [-0.3, -0.25) is 4.79 Å². The maximum absolute atomic E-state index is 12.5. The Bertz CT molecular complexity index is 844. The van der Waals surface area contributed by atoms with Gasteiger partial charge in [0, 0.05) is 18.8 Å². The zero-order valence-electron chi connectivity index (χ0n) is 15.0. The quantitative estimate of drug-likeness (QED) is 0.753. The number of urea groups is 1. The van der Waals surface area contributed by atoms with E-state index < -0.39 is 5.60 Å². The molecule has 142 valence electrons. The molecule has 7 heteroatoms. The number of β-amino-alcohol motifs (C(OH)–C–C–N with tert-alkyl or cyclic N) is 1. The van der Waals surface area contributed by atoms with E-state index in [4.69, 9.17) is 11.6 Å². The van der Waals surface area contributed by atoms with E-state index in [1.807, 2.05) is 37.3 Å². The highest BCUT2D eigenvalue weighted by Crippen LogP contribution is 2.32. The topological polar surface area (TPSA) is 81.7 Å². The van der Waals surface area contributed by atoms with Gasteiger partial charge in [0.2, 0.25) is 0 Å². The van der Waals surface area contributed by atoms with E-state index in [1.54, 1.807) is 23.1 Å². The summed E-state index contributed by atoms with van der Waals surface area (Å²) in [6, 6.07) is 13.8. The Balaban J connectivity index is 1.66. The average molecular weight is 388 g/mol. The highest BCUT2D eigenvalue weighted by Gasteiger charge is 2.39. The molecular formula is C20H22ClN3O3. The molecule has 3 N–H and O–H groups in total. The molecule has 27 heavy (non-hydrogen) atoms. The molecule has 0 radical (unpaired) electrons. The summed E-state index contributed by atoms with van der Waals surface area (Å²) in [5, 5.41) is 16.6. The first-order valence-electron chi connectivity index (χ1n) is 8.84. The predicted molar refractivity (Wildman–Crippen MR) is 105 cm³/mol. The lowest BCUT2D eigenvalue weighted by atomic mass is 9.93. The summed E-state index contributed by atoms with van der Waals surface area (Å²) < 4.78 is 0. The van der Waals surface area contributed by atoms with Crippen molar-refractivity contribution in [3.63, 3.8) is 0 Å². The van der Waals surface area contributed by atoms with Gasteiger partial charge < -0.3 is 20.6 Å². The number of carbonyl (C=O) groups is 2. The SMILES string of the molecule is CCNC(=O)c1ccc(NC(=O)N2CC[C@@](O)(c3ccccc3)C2)cc1Cl. The Hall–Kier alpha value is -2.57. The van der Waals surface area contributed by atoms with E-state index in [9.17, 15) is 14.7 Å². The molecule has 0 unspecified atom stereocenters. The van der Waals surface area contributed by atoms with Gasteiger partial charge in [-0.25, -0.2) is 4.79 Å². The van der Waals surface area contributed by atoms with Crippen LogP contribution in [-0.4, -0.2) is 41.6 Å². The minimum absolute atomic E-state index is 0.216. The second kappa shape index (κ2) is 7.98. The number of halogens is 1. The standard InChI is InChI=1S/C20H22ClN3O3/c1-2-22-18(25)16-9-8-15(12-17(16)21)23-19(26)24-11-10-20(27,13-24)14-6-4-3-5-7-14/h3-9,12,27H,2,10-11,13H2,1H3,(H,22,25)(H,23,26)/t20-/m0/s1. The van der Waals surface area contributed by atoms with E-state index in [1.165, 1.54) is 0 Å². The Kier molecular flexibility index (Phi) is 5.68. The molecule has 3 rings (SSSR count). The molecule has 0 bridgehead atoms. The normalized spacial score (nSPS) is 19.0. The monoisotopic (exact) mass is 387 g/mol. The Morgan fingerprint density at radius 2 is 1.96 bits per heavy atom. The van der Waals surface area contributed by atoms with Crippen LogP contribution in [0.3, 0.4) is 0 Å². The molecule has 1 heterocycles. The second-order valence-electron chi connectivity index (χ2n) is 6.55. The van der Waals surface area contributed by atoms with Gasteiger partial charge in [-0.15, -0.1) is 0 Å². The zero-order valence-corrected chi connectivity index (χ0v) is 15.8. The van der Waals surface area contributed by atoms with Crippen molar-refractivity contribution in [2.24, 2.45) is 0 Å². The van der Waals surface area contributed by atoms with E-state index in [2.05, 4.69) is 10.6 Å². The molecule has 0 aromatic heterocycles. The number of amides is 3. The van der Waals surface area contributed by atoms with Gasteiger partial charge in [0.1, 0.15) is 5.60 Å². The fraction of sp³-hybridized carbons (Fsp3) is 0.300. The molecule has 0 saturated carbocycles. The van der Waals surface area contributed by atoms with Gasteiger partial charge in [0.25, 0.3) is 5.91 Å². The van der Waals surface area contributed by atoms with Crippen LogP contribution in [0.25, 0.3) is 0 Å². The van der Waals surface area contributed by atoms with Gasteiger partial charge in [-0.2, -0.15) is 0 Å². The van der Waals surface area contributed by atoms with Crippen LogP contribution >= 0.6 is 11.6 Å². The summed E-state index contributed by atoms with van der Waals surface area (Å²) in [6.45, 7) is 3.00. The Morgan fingerprint density at radius 3 is 2.63 bits per heavy atom. The number of nitrogens with one attached hydrogen (secondary N) is 2. The first-order chi connectivity index (χ1) is 12.9. The lowest BCUT2D eigenvalue weighted by Crippen LogP contribution is -2.37. The van der Waals surface area contributed by atoms with Crippen LogP contribution in [0.2, 0.25) is 5.02 Å². The van der Waals surface area contributed by atoms with Crippen LogP contribution in [0.4, 0.5) is 10.5 Å². The average Bonchev–Trinajstić information content (AvgIpc) is 3.06. The fourth-order valence-corrected chi connectivity index (χ4v) is 3.45. The molecule has 6 nitrogen and oxygen atoms in total. The van der Waals surface area contributed by atoms with Crippen LogP contribution in [0, 0.1) is 0 Å². The molecule has 0 aliphatic carbocycles. The Morgan fingerprint density at radius 1 is 1.22 bits per heavy atom. The minimum atomic E-state index is -1.04. The smallest absolute Gasteiger partial charge is 0.321 e. The molecule has 1 atom stereocenters. The van der Waals surface area contributed by atoms with Gasteiger partial charge in [0.15, 0.2) is 0 Å². The van der Waals surface area contributed by atoms with Crippen molar-refractivity contribution in [1.82, 2.24) is 10.2 Å². The number of rotatable bonds is 4. The van der Waals surface area contributed by atoms with Crippen LogP contribution in [0.5, 0.6) is 0 Å². The van der Waals surface area contributed by atoms with Crippen LogP contribution < -0.4 is 10.6 Å². The van der Waals surface area contributed by atoms with E-state index in [0.29, 0.717) is 30.8 Å². The third-order valence-corrected chi connectivity index (χ3v) is 4.96. The zero-order chi connectivity index (χ0) is 19.4. The number of anilines is 1. The molecule has 1 saturated heterocycles. The maximum atomic E-state index is 12.5. The van der Waals surface area contributed by atoms with Crippen molar-refractivity contribution in [2.45, 2.75) is 18.9 Å². The van der Waals surface area contributed by atoms with Crippen LogP contribution in [0.1, 0.15) is 29.3 Å². The van der Waals surface area contributed by atoms with Gasteiger partial charge >= 0.3 is 6.03 Å². The predicted octanol–water partition coefficient (Wildman–Crippen LogP) is 3.22. The number of likely N-dealkylation sites (tertiary alicyclic amines) is 1. The number of nitrogens with zero attached hydrogens (tertiary/aromatic N) is 1. The highest BCUT2D eigenvalue weighted by molar-refractivity contribution is 6.34. The molecule has 2 aromatic carbocycles. The van der Waals surface area contributed by atoms with Crippen LogP contribution in [-0.2, 0) is 5.60 Å². The summed E-state index contributed by atoms with van der Waals surface area (Å²) in [6.07, 6.45) is 0.474. The molecule has 1 aliphatic heterocycles. The number of benzene rings is 2. The number of hydrogen-bond acceptors (Lipinski definition) is 3. The van der Waals surface area contributed by atoms with Crippen molar-refractivity contribution in [3.8, 4) is 0 Å². The first kappa shape index (κ1) is 19.2. The molecule has 1 fully saturated rings. The summed E-state index contributed by atoms with van der Waals surface area (Å²) in [4.78, 5) is 26.0. The van der Waals surface area contributed by atoms with Crippen LogP contribution in [0.15, 0.2) is 48.5 Å². The highest BCUT2D eigenvalue weighted by atomic mass is 35.5. The molecule has 3 amide bonds. The van der Waals surface area contributed by atoms with E-state index in [0.717, 1.165) is 5.56 Å². The molecule has 0 spiro atoms. The number of aliphatic hydroxyl groups is 1. The lowest BCUT2D eigenvalue weighted by molar-refractivity contribution is 0.0500. The fourth-order valence-electron chi connectivity index (χ4n) is 3.19. The van der Waals surface area contributed by atoms with E-state index >= 15 is 0 Å². The lowest BCUT2D eigenvalue weighted by Gasteiger charge is -2.24. The van der Waals surface area contributed by atoms with Gasteiger partial charge in [-0.1, -0.05) is 41.9 Å². The van der Waals surface area contributed by atoms with Crippen molar-refractivity contribution in [2.75, 3.05) is 25.0 Å². The van der Waals surface area contributed by atoms with Crippen molar-refractivity contribution in [1.29, 1.82) is 0 Å². The largest absolute Gasteiger partial charge is 0.383 e. The summed E-state index contributed by atoms with van der Waals surface area (Å²) in [5.74, 6) is -0.257. The Labute approximate surface area is 163 Å². The third kappa shape index (κ3) is 4.23. The molecular weight excluding hydrogens is 366 g/mol. The third-order valence-electron chi connectivity index (χ3n) is 4.65. The molecule has 1 aliphatic rings. The maximum Gasteiger partial charge on any atom is 0.321 e. The van der Waals surface area contributed by atoms with Crippen molar-refractivity contribution in [3.05, 3.63) is 64.7 Å². The number of carbonyl (C=O) groups excluding carboxylic acids is 2. The van der Waals surface area contributed by atoms with Gasteiger partial charge in [0.05, 0.1) is 17.1 Å². The second-order valence-corrected chi connectivity index (χ2v) is 6.96. The van der Waals surface area contributed by atoms with Gasteiger partial charge in [-0.05, 0) is 37.1 Å². The minimum Gasteiger partial charge on any atom is -0.383 e. The summed E-state index contributed by atoms with van der Waals surface area (Å²) in [5.41, 5.74) is 0.609. The number of hydrogen-bond donors (Lipinski definition) is 3. The summed E-state index contributed by atoms with van der Waals surface area (Å²) in [7, 11) is 0. The van der Waals surface area contributed by atoms with Crippen molar-refractivity contribution >= 4 is 29.2 Å². The van der Waals surface area contributed by atoms with E-state index in [-0.39, 0.29) is 23.5 Å². The summed E-state index contributed by atoms with van der Waals surface area (Å²) >= 11 is 6.16.